The van der Waals surface area contributed by atoms with E-state index in [0.717, 1.165) is 25.4 Å². The molecule has 1 amide bonds. The van der Waals surface area contributed by atoms with Crippen molar-refractivity contribution in [2.45, 2.75) is 13.5 Å². The minimum Gasteiger partial charge on any atom is -0.408 e. The van der Waals surface area contributed by atoms with Crippen LogP contribution in [0.1, 0.15) is 5.01 Å². The highest BCUT2D eigenvalue weighted by Crippen LogP contribution is 2.34. The lowest BCUT2D eigenvalue weighted by atomic mass is 10.3. The number of hydrogen-bond donors (Lipinski definition) is 1. The fourth-order valence-corrected chi connectivity index (χ4v) is 4.88. The third-order valence-corrected chi connectivity index (χ3v) is 6.07. The third kappa shape index (κ3) is 2.71. The Balaban J connectivity index is 1.46. The van der Waals surface area contributed by atoms with Gasteiger partial charge in [0, 0.05) is 0 Å². The summed E-state index contributed by atoms with van der Waals surface area (Å²) in [4.78, 5) is 33.5. The lowest BCUT2D eigenvalue weighted by Gasteiger charge is -2.02. The highest BCUT2D eigenvalue weighted by molar-refractivity contribution is 7.24. The van der Waals surface area contributed by atoms with Gasteiger partial charge in [-0.05, 0) is 31.2 Å². The van der Waals surface area contributed by atoms with E-state index < -0.39 is 5.76 Å². The molecule has 0 saturated carbocycles. The molecule has 134 valence electrons. The molecule has 0 aliphatic carbocycles. The molecule has 2 aromatic carbocycles. The van der Waals surface area contributed by atoms with Crippen LogP contribution in [0.15, 0.2) is 45.6 Å². The average molecular weight is 396 g/mol. The van der Waals surface area contributed by atoms with Crippen LogP contribution in [-0.2, 0) is 11.3 Å². The van der Waals surface area contributed by atoms with Crippen molar-refractivity contribution < 1.29 is 9.21 Å². The first kappa shape index (κ1) is 16.2. The number of rotatable bonds is 3. The van der Waals surface area contributed by atoms with Crippen LogP contribution in [0.25, 0.3) is 31.5 Å². The van der Waals surface area contributed by atoms with Gasteiger partial charge in [0.25, 0.3) is 0 Å². The Kier molecular flexibility index (Phi) is 3.59. The number of amides is 1. The number of hydrogen-bond acceptors (Lipinski definition) is 7. The van der Waals surface area contributed by atoms with Crippen LogP contribution >= 0.6 is 22.7 Å². The zero-order valence-electron chi connectivity index (χ0n) is 14.1. The van der Waals surface area contributed by atoms with E-state index in [-0.39, 0.29) is 12.5 Å². The summed E-state index contributed by atoms with van der Waals surface area (Å²) in [5.74, 6) is -0.899. The normalized spacial score (nSPS) is 11.6. The van der Waals surface area contributed by atoms with E-state index in [1.807, 2.05) is 19.1 Å². The van der Waals surface area contributed by atoms with Crippen LogP contribution in [0.3, 0.4) is 0 Å². The number of carbonyl (C=O) groups excluding carboxylic acids is 1. The number of para-hydroxylation sites is 2. The van der Waals surface area contributed by atoms with Gasteiger partial charge in [-0.25, -0.2) is 14.8 Å². The Morgan fingerprint density at radius 3 is 2.93 bits per heavy atom. The molecular weight excluding hydrogens is 384 g/mol. The molecule has 9 heteroatoms. The number of nitrogens with zero attached hydrogens (tertiary/aromatic N) is 3. The Labute approximate surface area is 159 Å². The van der Waals surface area contributed by atoms with E-state index >= 15 is 0 Å². The first-order valence-corrected chi connectivity index (χ1v) is 9.77. The van der Waals surface area contributed by atoms with Crippen molar-refractivity contribution in [3.63, 3.8) is 0 Å². The number of benzene rings is 2. The SMILES string of the molecule is Cc1nc2c(ccc3nc(NC(=O)Cn4c(=O)oc5ccccc54)sc32)s1. The van der Waals surface area contributed by atoms with Gasteiger partial charge in [0.2, 0.25) is 5.91 Å². The second kappa shape index (κ2) is 6.00. The molecule has 0 saturated heterocycles. The highest BCUT2D eigenvalue weighted by atomic mass is 32.1. The quantitative estimate of drug-likeness (QED) is 0.501. The summed E-state index contributed by atoms with van der Waals surface area (Å²) in [6.07, 6.45) is 0. The molecule has 5 aromatic rings. The number of aryl methyl sites for hydroxylation is 1. The van der Waals surface area contributed by atoms with Crippen molar-refractivity contribution in [1.29, 1.82) is 0 Å². The fraction of sp³-hybridized carbons (Fsp3) is 0.111. The second-order valence-electron chi connectivity index (χ2n) is 5.98. The van der Waals surface area contributed by atoms with Crippen LogP contribution < -0.4 is 11.1 Å². The van der Waals surface area contributed by atoms with Crippen LogP contribution in [0.4, 0.5) is 5.13 Å². The topological polar surface area (TPSA) is 90.0 Å². The number of carbonyl (C=O) groups is 1. The van der Waals surface area contributed by atoms with Gasteiger partial charge in [0.05, 0.1) is 25.4 Å². The zero-order chi connectivity index (χ0) is 18.5. The van der Waals surface area contributed by atoms with E-state index in [2.05, 4.69) is 15.3 Å². The summed E-state index contributed by atoms with van der Waals surface area (Å²) < 4.78 is 8.50. The van der Waals surface area contributed by atoms with Crippen LogP contribution in [0.5, 0.6) is 0 Å². The number of oxazole rings is 1. The second-order valence-corrected chi connectivity index (χ2v) is 8.22. The Morgan fingerprint density at radius 2 is 2.04 bits per heavy atom. The first-order valence-electron chi connectivity index (χ1n) is 8.13. The average Bonchev–Trinajstić information content (AvgIpc) is 3.29. The maximum atomic E-state index is 12.5. The molecule has 0 radical (unpaired) electrons. The van der Waals surface area contributed by atoms with Crippen molar-refractivity contribution >= 4 is 65.2 Å². The molecule has 3 heterocycles. The Hall–Kier alpha value is -3.04. The molecule has 7 nitrogen and oxygen atoms in total. The zero-order valence-corrected chi connectivity index (χ0v) is 15.7. The lowest BCUT2D eigenvalue weighted by molar-refractivity contribution is -0.116. The summed E-state index contributed by atoms with van der Waals surface area (Å²) in [6, 6.07) is 10.9. The summed E-state index contributed by atoms with van der Waals surface area (Å²) in [5.41, 5.74) is 2.74. The number of nitrogens with one attached hydrogen (secondary N) is 1. The van der Waals surface area contributed by atoms with Crippen molar-refractivity contribution in [1.82, 2.24) is 14.5 Å². The molecule has 0 aliphatic heterocycles. The number of thiazole rings is 2. The van der Waals surface area contributed by atoms with E-state index in [1.54, 1.807) is 35.6 Å². The fourth-order valence-electron chi connectivity index (χ4n) is 3.01. The number of fused-ring (bicyclic) bond motifs is 4. The van der Waals surface area contributed by atoms with Gasteiger partial charge >= 0.3 is 5.76 Å². The minimum absolute atomic E-state index is 0.142. The van der Waals surface area contributed by atoms with Crippen LogP contribution in [-0.4, -0.2) is 20.4 Å². The molecule has 1 N–H and O–H groups in total. The molecule has 0 bridgehead atoms. The largest absolute Gasteiger partial charge is 0.420 e. The lowest BCUT2D eigenvalue weighted by Crippen LogP contribution is -2.24. The maximum Gasteiger partial charge on any atom is 0.420 e. The van der Waals surface area contributed by atoms with E-state index in [9.17, 15) is 9.59 Å². The van der Waals surface area contributed by atoms with E-state index in [1.165, 1.54) is 15.9 Å². The van der Waals surface area contributed by atoms with Crippen molar-refractivity contribution in [2.24, 2.45) is 0 Å². The van der Waals surface area contributed by atoms with Gasteiger partial charge in [0.1, 0.15) is 12.1 Å². The van der Waals surface area contributed by atoms with Gasteiger partial charge in [-0.15, -0.1) is 11.3 Å². The van der Waals surface area contributed by atoms with Crippen LogP contribution in [0.2, 0.25) is 0 Å². The number of aromatic nitrogens is 3. The molecule has 0 atom stereocenters. The molecule has 27 heavy (non-hydrogen) atoms. The monoisotopic (exact) mass is 396 g/mol. The molecular formula is C18H12N4O3S2. The van der Waals surface area contributed by atoms with E-state index in [0.29, 0.717) is 16.2 Å². The van der Waals surface area contributed by atoms with E-state index in [4.69, 9.17) is 4.42 Å². The molecule has 0 aliphatic rings. The molecule has 3 aromatic heterocycles. The maximum absolute atomic E-state index is 12.5. The Morgan fingerprint density at radius 1 is 1.19 bits per heavy atom. The molecule has 5 rings (SSSR count). The van der Waals surface area contributed by atoms with Crippen LogP contribution in [0, 0.1) is 6.92 Å². The summed E-state index contributed by atoms with van der Waals surface area (Å²) in [6.45, 7) is 1.82. The van der Waals surface area contributed by atoms with Crippen molar-refractivity contribution in [2.75, 3.05) is 5.32 Å². The predicted molar refractivity (Wildman–Crippen MR) is 107 cm³/mol. The molecule has 0 unspecified atom stereocenters. The summed E-state index contributed by atoms with van der Waals surface area (Å²) >= 11 is 3.01. The van der Waals surface area contributed by atoms with Gasteiger partial charge in [-0.3, -0.25) is 9.36 Å². The minimum atomic E-state index is -0.560. The van der Waals surface area contributed by atoms with Gasteiger partial charge < -0.3 is 9.73 Å². The first-order chi connectivity index (χ1) is 13.1. The van der Waals surface area contributed by atoms with Gasteiger partial charge in [-0.1, -0.05) is 23.5 Å². The van der Waals surface area contributed by atoms with Gasteiger partial charge in [-0.2, -0.15) is 0 Å². The third-order valence-electron chi connectivity index (χ3n) is 4.14. The van der Waals surface area contributed by atoms with Crippen molar-refractivity contribution in [3.05, 3.63) is 52.0 Å². The van der Waals surface area contributed by atoms with Gasteiger partial charge in [0.15, 0.2) is 10.7 Å². The molecule has 0 fully saturated rings. The van der Waals surface area contributed by atoms with Crippen molar-refractivity contribution in [3.8, 4) is 0 Å². The standard InChI is InChI=1S/C18H12N4O3S2/c1-9-19-15-13(26-9)7-6-10-16(15)27-17(20-10)21-14(23)8-22-11-4-2-3-5-12(11)25-18(22)24/h2-7H,8H2,1H3,(H,20,21,23). The Bertz CT molecular complexity index is 1390. The predicted octanol–water partition coefficient (Wildman–Crippen LogP) is 3.76. The molecule has 0 spiro atoms. The smallest absolute Gasteiger partial charge is 0.408 e. The number of anilines is 1. The summed E-state index contributed by atoms with van der Waals surface area (Å²) in [7, 11) is 0. The summed E-state index contributed by atoms with van der Waals surface area (Å²) in [5, 5.41) is 4.24. The highest BCUT2D eigenvalue weighted by Gasteiger charge is 2.15.